The van der Waals surface area contributed by atoms with Gasteiger partial charge in [-0.15, -0.1) is 0 Å². The average Bonchev–Trinajstić information content (AvgIpc) is 2.94. The highest BCUT2D eigenvalue weighted by molar-refractivity contribution is 6.12. The van der Waals surface area contributed by atoms with E-state index in [-0.39, 0.29) is 11.6 Å². The highest BCUT2D eigenvalue weighted by Gasteiger charge is 2.13. The van der Waals surface area contributed by atoms with Crippen LogP contribution in [0, 0.1) is 0 Å². The molecule has 0 aliphatic rings. The molecule has 26 heavy (non-hydrogen) atoms. The molecule has 4 heteroatoms. The molecule has 0 radical (unpaired) electrons. The van der Waals surface area contributed by atoms with Gasteiger partial charge in [-0.05, 0) is 63.2 Å². The number of hydrogen-bond acceptors (Lipinski definition) is 3. The summed E-state index contributed by atoms with van der Waals surface area (Å²) < 4.78 is 2.28. The number of nitrogens with one attached hydrogen (secondary N) is 1. The molecule has 2 aromatic carbocycles. The van der Waals surface area contributed by atoms with E-state index in [0.717, 1.165) is 41.4 Å². The Morgan fingerprint density at radius 1 is 0.885 bits per heavy atom. The van der Waals surface area contributed by atoms with Crippen molar-refractivity contribution < 1.29 is 9.59 Å². The summed E-state index contributed by atoms with van der Waals surface area (Å²) in [6.45, 7) is 8.12. The Kier molecular flexibility index (Phi) is 5.52. The largest absolute Gasteiger partial charge is 0.339 e. The quantitative estimate of drug-likeness (QED) is 0.477. The zero-order valence-corrected chi connectivity index (χ0v) is 15.8. The number of carbonyl (C=O) groups excluding carboxylic acids is 2. The van der Waals surface area contributed by atoms with E-state index >= 15 is 0 Å². The van der Waals surface area contributed by atoms with Crippen LogP contribution in [0.2, 0.25) is 0 Å². The van der Waals surface area contributed by atoms with E-state index in [4.69, 9.17) is 0 Å². The summed E-state index contributed by atoms with van der Waals surface area (Å²) in [6.07, 6.45) is 2.36. The van der Waals surface area contributed by atoms with Crippen molar-refractivity contribution in [2.75, 3.05) is 13.1 Å². The maximum atomic E-state index is 11.8. The molecule has 0 unspecified atom stereocenters. The molecule has 4 nitrogen and oxygen atoms in total. The lowest BCUT2D eigenvalue weighted by atomic mass is 10.0. The molecule has 0 aliphatic heterocycles. The lowest BCUT2D eigenvalue weighted by molar-refractivity contribution is 0.100. The minimum absolute atomic E-state index is 0.0526. The van der Waals surface area contributed by atoms with Crippen LogP contribution in [0.1, 0.15) is 54.3 Å². The third kappa shape index (κ3) is 3.56. The first-order valence-corrected chi connectivity index (χ1v) is 9.31. The number of nitrogens with zero attached hydrogens (tertiary/aromatic N) is 1. The molecular weight excluding hydrogens is 324 g/mol. The first kappa shape index (κ1) is 18.3. The van der Waals surface area contributed by atoms with Crippen molar-refractivity contribution in [3.8, 4) is 0 Å². The van der Waals surface area contributed by atoms with Gasteiger partial charge in [0.15, 0.2) is 11.6 Å². The Morgan fingerprint density at radius 2 is 1.42 bits per heavy atom. The number of ketones is 2. The molecular formula is C22H26N2O2. The molecule has 0 saturated carbocycles. The highest BCUT2D eigenvalue weighted by atomic mass is 16.1. The van der Waals surface area contributed by atoms with Crippen LogP contribution < -0.4 is 5.32 Å². The van der Waals surface area contributed by atoms with Crippen molar-refractivity contribution >= 4 is 33.4 Å². The predicted octanol–water partition coefficient (Wildman–Crippen LogP) is 4.59. The minimum atomic E-state index is 0.0526. The molecule has 3 rings (SSSR count). The number of unbranched alkanes of at least 4 members (excludes halogenated alkanes) is 1. The Bertz CT molecular complexity index is 898. The zero-order chi connectivity index (χ0) is 18.7. The summed E-state index contributed by atoms with van der Waals surface area (Å²) in [4.78, 5) is 23.6. The van der Waals surface area contributed by atoms with Gasteiger partial charge >= 0.3 is 0 Å². The average molecular weight is 350 g/mol. The summed E-state index contributed by atoms with van der Waals surface area (Å²) in [7, 11) is 0. The topological polar surface area (TPSA) is 51.1 Å². The van der Waals surface area contributed by atoms with Gasteiger partial charge in [0, 0.05) is 46.0 Å². The molecule has 0 amide bonds. The highest BCUT2D eigenvalue weighted by Crippen LogP contribution is 2.31. The summed E-state index contributed by atoms with van der Waals surface area (Å²) in [5.74, 6) is 0.105. The number of hydrogen-bond donors (Lipinski definition) is 1. The van der Waals surface area contributed by atoms with E-state index in [0.29, 0.717) is 11.1 Å². The Hall–Kier alpha value is -2.46. The molecule has 136 valence electrons. The van der Waals surface area contributed by atoms with Gasteiger partial charge in [-0.1, -0.05) is 13.3 Å². The van der Waals surface area contributed by atoms with Gasteiger partial charge in [0.05, 0.1) is 0 Å². The van der Waals surface area contributed by atoms with E-state index in [1.165, 1.54) is 12.8 Å². The summed E-state index contributed by atoms with van der Waals surface area (Å²) >= 11 is 0. The second-order valence-corrected chi connectivity index (χ2v) is 6.83. The van der Waals surface area contributed by atoms with Crippen LogP contribution in [-0.2, 0) is 6.54 Å². The van der Waals surface area contributed by atoms with Gasteiger partial charge in [0.25, 0.3) is 0 Å². The molecule has 1 heterocycles. The lowest BCUT2D eigenvalue weighted by Crippen LogP contribution is -2.20. The molecule has 1 N–H and O–H groups in total. The van der Waals surface area contributed by atoms with Crippen molar-refractivity contribution in [1.82, 2.24) is 9.88 Å². The van der Waals surface area contributed by atoms with E-state index in [1.807, 2.05) is 36.4 Å². The van der Waals surface area contributed by atoms with Crippen LogP contribution in [0.5, 0.6) is 0 Å². The Balaban J connectivity index is 2.09. The number of carbonyl (C=O) groups is 2. The van der Waals surface area contributed by atoms with Crippen LogP contribution in [-0.4, -0.2) is 29.2 Å². The fourth-order valence-electron chi connectivity index (χ4n) is 3.40. The van der Waals surface area contributed by atoms with E-state index < -0.39 is 0 Å². The minimum Gasteiger partial charge on any atom is -0.339 e. The monoisotopic (exact) mass is 350 g/mol. The number of fused-ring (bicyclic) bond motifs is 3. The smallest absolute Gasteiger partial charge is 0.159 e. The third-order valence-corrected chi connectivity index (χ3v) is 4.90. The Morgan fingerprint density at radius 3 is 1.88 bits per heavy atom. The second kappa shape index (κ2) is 7.83. The lowest BCUT2D eigenvalue weighted by Gasteiger charge is -2.09. The zero-order valence-electron chi connectivity index (χ0n) is 15.8. The van der Waals surface area contributed by atoms with E-state index in [1.54, 1.807) is 13.8 Å². The molecule has 0 aliphatic carbocycles. The van der Waals surface area contributed by atoms with Gasteiger partial charge in [-0.2, -0.15) is 0 Å². The van der Waals surface area contributed by atoms with E-state index in [9.17, 15) is 9.59 Å². The molecule has 0 atom stereocenters. The molecule has 1 aromatic heterocycles. The first-order chi connectivity index (χ1) is 12.5. The summed E-state index contributed by atoms with van der Waals surface area (Å²) in [6, 6.07) is 11.7. The fraction of sp³-hybridized carbons (Fsp3) is 0.364. The molecule has 0 spiro atoms. The van der Waals surface area contributed by atoms with Crippen LogP contribution in [0.25, 0.3) is 21.8 Å². The number of aromatic nitrogens is 1. The maximum Gasteiger partial charge on any atom is 0.159 e. The molecule has 0 bridgehead atoms. The van der Waals surface area contributed by atoms with Crippen molar-refractivity contribution in [2.24, 2.45) is 0 Å². The standard InChI is InChI=1S/C22H26N2O2/c1-4-5-10-23-11-12-24-21-8-6-17(15(2)25)13-19(21)20-14-18(16(3)26)7-9-22(20)24/h6-9,13-14,23H,4-5,10-12H2,1-3H3. The third-order valence-electron chi connectivity index (χ3n) is 4.90. The summed E-state index contributed by atoms with van der Waals surface area (Å²) in [5, 5.41) is 5.55. The van der Waals surface area contributed by atoms with Crippen molar-refractivity contribution in [3.05, 3.63) is 47.5 Å². The number of rotatable bonds is 8. The van der Waals surface area contributed by atoms with Gasteiger partial charge in [-0.3, -0.25) is 9.59 Å². The Labute approximate surface area is 154 Å². The summed E-state index contributed by atoms with van der Waals surface area (Å²) in [5.41, 5.74) is 3.60. The van der Waals surface area contributed by atoms with Gasteiger partial charge < -0.3 is 9.88 Å². The molecule has 0 saturated heterocycles. The number of Topliss-reactive ketones (excluding diaryl/α,β-unsaturated/α-hetero) is 2. The van der Waals surface area contributed by atoms with Gasteiger partial charge in [0.2, 0.25) is 0 Å². The van der Waals surface area contributed by atoms with Crippen molar-refractivity contribution in [1.29, 1.82) is 0 Å². The van der Waals surface area contributed by atoms with Crippen LogP contribution >= 0.6 is 0 Å². The van der Waals surface area contributed by atoms with Crippen LogP contribution in [0.4, 0.5) is 0 Å². The van der Waals surface area contributed by atoms with Gasteiger partial charge in [-0.25, -0.2) is 0 Å². The van der Waals surface area contributed by atoms with Crippen molar-refractivity contribution in [3.63, 3.8) is 0 Å². The van der Waals surface area contributed by atoms with Gasteiger partial charge in [0.1, 0.15) is 0 Å². The second-order valence-electron chi connectivity index (χ2n) is 6.83. The number of benzene rings is 2. The predicted molar refractivity (Wildman–Crippen MR) is 107 cm³/mol. The van der Waals surface area contributed by atoms with Crippen LogP contribution in [0.15, 0.2) is 36.4 Å². The SMILES string of the molecule is CCCCNCCn1c2ccc(C(C)=O)cc2c2cc(C(C)=O)ccc21. The maximum absolute atomic E-state index is 11.8. The van der Waals surface area contributed by atoms with Crippen LogP contribution in [0.3, 0.4) is 0 Å². The first-order valence-electron chi connectivity index (χ1n) is 9.31. The fourth-order valence-corrected chi connectivity index (χ4v) is 3.40. The molecule has 0 fully saturated rings. The normalized spacial score (nSPS) is 11.3. The van der Waals surface area contributed by atoms with E-state index in [2.05, 4.69) is 16.8 Å². The van der Waals surface area contributed by atoms with Crippen molar-refractivity contribution in [2.45, 2.75) is 40.2 Å². The molecule has 3 aromatic rings.